The summed E-state index contributed by atoms with van der Waals surface area (Å²) in [6.07, 6.45) is 1.66. The second-order valence-electron chi connectivity index (χ2n) is 6.64. The van der Waals surface area contributed by atoms with Gasteiger partial charge in [0.1, 0.15) is 0 Å². The van der Waals surface area contributed by atoms with Gasteiger partial charge in [0.05, 0.1) is 15.5 Å². The van der Waals surface area contributed by atoms with Crippen molar-refractivity contribution in [3.8, 4) is 0 Å². The number of amides is 1. The van der Waals surface area contributed by atoms with Crippen LogP contribution in [0.4, 0.5) is 11.4 Å². The summed E-state index contributed by atoms with van der Waals surface area (Å²) >= 11 is 7.18. The van der Waals surface area contributed by atoms with E-state index in [-0.39, 0.29) is 17.5 Å². The monoisotopic (exact) mass is 415 g/mol. The first-order chi connectivity index (χ1) is 13.3. The summed E-state index contributed by atoms with van der Waals surface area (Å²) in [7, 11) is 0. The van der Waals surface area contributed by atoms with Crippen molar-refractivity contribution in [1.29, 1.82) is 0 Å². The Morgan fingerprint density at radius 2 is 1.96 bits per heavy atom. The average Bonchev–Trinajstić information content (AvgIpc) is 2.92. The summed E-state index contributed by atoms with van der Waals surface area (Å²) in [6, 6.07) is 13.3. The number of carbonyl (C=O) groups excluding carboxylic acids is 1. The van der Waals surface area contributed by atoms with Gasteiger partial charge in [-0.1, -0.05) is 37.6 Å². The van der Waals surface area contributed by atoms with E-state index in [9.17, 15) is 14.9 Å². The van der Waals surface area contributed by atoms with E-state index in [1.54, 1.807) is 47.4 Å². The fraction of sp³-hybridized carbons (Fsp3) is 0.200. The van der Waals surface area contributed by atoms with E-state index in [1.165, 1.54) is 23.9 Å². The van der Waals surface area contributed by atoms with Crippen molar-refractivity contribution < 1.29 is 9.72 Å². The molecule has 0 atom stereocenters. The molecule has 1 heterocycles. The van der Waals surface area contributed by atoms with Gasteiger partial charge in [-0.05, 0) is 53.6 Å². The molecule has 0 aromatic heterocycles. The fourth-order valence-electron chi connectivity index (χ4n) is 2.62. The quantitative estimate of drug-likeness (QED) is 0.366. The van der Waals surface area contributed by atoms with E-state index in [1.807, 2.05) is 13.8 Å². The van der Waals surface area contributed by atoms with E-state index in [0.29, 0.717) is 32.9 Å². The molecule has 0 spiro atoms. The first-order valence-corrected chi connectivity index (χ1v) is 9.83. The standard InChI is InChI=1S/C20H18ClN3O3S/c1-13(2)12-23-19(25)18(11-14-4-3-5-17(10-14)24(26)27)28-20(23)22-16-8-6-15(21)7-9-16/h3-11,13H,12H2,1-2H3/b18-11-,22-20?. The number of rotatable bonds is 5. The third kappa shape index (κ3) is 4.79. The number of hydrogen-bond acceptors (Lipinski definition) is 5. The van der Waals surface area contributed by atoms with Gasteiger partial charge in [0.2, 0.25) is 0 Å². The maximum absolute atomic E-state index is 12.9. The number of nitrogens with zero attached hydrogens (tertiary/aromatic N) is 3. The highest BCUT2D eigenvalue weighted by molar-refractivity contribution is 8.18. The first-order valence-electron chi connectivity index (χ1n) is 8.63. The summed E-state index contributed by atoms with van der Waals surface area (Å²) in [5.41, 5.74) is 1.28. The Kier molecular flexibility index (Phi) is 6.16. The zero-order chi connectivity index (χ0) is 20.3. The lowest BCUT2D eigenvalue weighted by atomic mass is 10.1. The number of hydrogen-bond donors (Lipinski definition) is 0. The molecule has 0 unspecified atom stereocenters. The van der Waals surface area contributed by atoms with Crippen LogP contribution in [-0.2, 0) is 4.79 Å². The molecule has 1 aliphatic rings. The van der Waals surface area contributed by atoms with Crippen LogP contribution in [0.25, 0.3) is 6.08 Å². The molecule has 28 heavy (non-hydrogen) atoms. The molecule has 0 N–H and O–H groups in total. The van der Waals surface area contributed by atoms with E-state index < -0.39 is 4.92 Å². The number of thioether (sulfide) groups is 1. The molecule has 0 bridgehead atoms. The van der Waals surface area contributed by atoms with E-state index in [0.717, 1.165) is 0 Å². The molecular formula is C20H18ClN3O3S. The lowest BCUT2D eigenvalue weighted by Crippen LogP contribution is -2.32. The van der Waals surface area contributed by atoms with E-state index in [2.05, 4.69) is 4.99 Å². The highest BCUT2D eigenvalue weighted by Gasteiger charge is 2.33. The zero-order valence-corrected chi connectivity index (χ0v) is 16.9. The number of aliphatic imine (C=N–C) groups is 1. The lowest BCUT2D eigenvalue weighted by molar-refractivity contribution is -0.384. The molecule has 1 amide bonds. The third-order valence-corrected chi connectivity index (χ3v) is 5.12. The van der Waals surface area contributed by atoms with Gasteiger partial charge >= 0.3 is 0 Å². The molecule has 144 valence electrons. The number of benzene rings is 2. The first kappa shape index (κ1) is 20.1. The topological polar surface area (TPSA) is 75.8 Å². The minimum Gasteiger partial charge on any atom is -0.286 e. The number of non-ortho nitro benzene ring substituents is 1. The minimum atomic E-state index is -0.454. The molecule has 0 aliphatic carbocycles. The van der Waals surface area contributed by atoms with Crippen molar-refractivity contribution in [2.75, 3.05) is 6.54 Å². The van der Waals surface area contributed by atoms with E-state index in [4.69, 9.17) is 11.6 Å². The number of nitro benzene ring substituents is 1. The Hall–Kier alpha value is -2.64. The van der Waals surface area contributed by atoms with Crippen LogP contribution in [0.15, 0.2) is 58.4 Å². The van der Waals surface area contributed by atoms with E-state index >= 15 is 0 Å². The Morgan fingerprint density at radius 3 is 2.61 bits per heavy atom. The molecule has 1 saturated heterocycles. The molecule has 0 saturated carbocycles. The van der Waals surface area contributed by atoms with Crippen LogP contribution < -0.4 is 0 Å². The summed E-state index contributed by atoms with van der Waals surface area (Å²) in [5.74, 6) is 0.107. The molecule has 3 rings (SSSR count). The summed E-state index contributed by atoms with van der Waals surface area (Å²) in [4.78, 5) is 30.2. The summed E-state index contributed by atoms with van der Waals surface area (Å²) in [5, 5.41) is 12.2. The maximum atomic E-state index is 12.9. The lowest BCUT2D eigenvalue weighted by Gasteiger charge is -2.17. The van der Waals surface area contributed by atoms with Gasteiger partial charge in [-0.3, -0.25) is 19.8 Å². The van der Waals surface area contributed by atoms with Crippen molar-refractivity contribution in [2.24, 2.45) is 10.9 Å². The van der Waals surface area contributed by atoms with Crippen molar-refractivity contribution in [3.63, 3.8) is 0 Å². The SMILES string of the molecule is CC(C)CN1C(=O)/C(=C/c2cccc([N+](=O)[O-])c2)SC1=Nc1ccc(Cl)cc1. The average molecular weight is 416 g/mol. The fourth-order valence-corrected chi connectivity index (χ4v) is 3.76. The smallest absolute Gasteiger partial charge is 0.270 e. The van der Waals surface area contributed by atoms with Gasteiger partial charge in [-0.15, -0.1) is 0 Å². The van der Waals surface area contributed by atoms with Crippen LogP contribution in [0.3, 0.4) is 0 Å². The van der Waals surface area contributed by atoms with Gasteiger partial charge in [0, 0.05) is 23.7 Å². The normalized spacial score (nSPS) is 17.1. The highest BCUT2D eigenvalue weighted by atomic mass is 35.5. The van der Waals surface area contributed by atoms with Crippen LogP contribution >= 0.6 is 23.4 Å². The van der Waals surface area contributed by atoms with Gasteiger partial charge < -0.3 is 0 Å². The second kappa shape index (κ2) is 8.58. The van der Waals surface area contributed by atoms with Crippen molar-refractivity contribution in [1.82, 2.24) is 4.90 Å². The molecule has 1 aliphatic heterocycles. The summed E-state index contributed by atoms with van der Waals surface area (Å²) in [6.45, 7) is 4.59. The second-order valence-corrected chi connectivity index (χ2v) is 8.09. The minimum absolute atomic E-state index is 0.0149. The number of halogens is 1. The molecule has 0 radical (unpaired) electrons. The Balaban J connectivity index is 1.95. The number of amidine groups is 1. The predicted octanol–water partition coefficient (Wildman–Crippen LogP) is 5.51. The van der Waals surface area contributed by atoms with Gasteiger partial charge in [0.15, 0.2) is 5.17 Å². The van der Waals surface area contributed by atoms with Gasteiger partial charge in [-0.2, -0.15) is 0 Å². The molecule has 2 aromatic rings. The predicted molar refractivity (Wildman–Crippen MR) is 114 cm³/mol. The molecule has 2 aromatic carbocycles. The Bertz CT molecular complexity index is 971. The number of nitro groups is 1. The highest BCUT2D eigenvalue weighted by Crippen LogP contribution is 2.35. The molecule has 6 nitrogen and oxygen atoms in total. The Labute approximate surface area is 172 Å². The molecule has 1 fully saturated rings. The zero-order valence-electron chi connectivity index (χ0n) is 15.3. The van der Waals surface area contributed by atoms with Gasteiger partial charge in [-0.25, -0.2) is 4.99 Å². The largest absolute Gasteiger partial charge is 0.286 e. The van der Waals surface area contributed by atoms with Gasteiger partial charge in [0.25, 0.3) is 11.6 Å². The van der Waals surface area contributed by atoms with Crippen LogP contribution in [0.1, 0.15) is 19.4 Å². The third-order valence-electron chi connectivity index (χ3n) is 3.87. The molecule has 8 heteroatoms. The van der Waals surface area contributed by atoms with Crippen LogP contribution in [-0.4, -0.2) is 27.4 Å². The van der Waals surface area contributed by atoms with Crippen molar-refractivity contribution in [3.05, 3.63) is 74.1 Å². The Morgan fingerprint density at radius 1 is 1.25 bits per heavy atom. The summed E-state index contributed by atoms with van der Waals surface area (Å²) < 4.78 is 0. The number of carbonyl (C=O) groups is 1. The van der Waals surface area contributed by atoms with Crippen LogP contribution in [0, 0.1) is 16.0 Å². The maximum Gasteiger partial charge on any atom is 0.270 e. The van der Waals surface area contributed by atoms with Crippen LogP contribution in [0.2, 0.25) is 5.02 Å². The van der Waals surface area contributed by atoms with Crippen molar-refractivity contribution >= 4 is 51.9 Å². The molecular weight excluding hydrogens is 398 g/mol. The van der Waals surface area contributed by atoms with Crippen LogP contribution in [0.5, 0.6) is 0 Å². The van der Waals surface area contributed by atoms with Crippen molar-refractivity contribution in [2.45, 2.75) is 13.8 Å².